The van der Waals surface area contributed by atoms with Crippen LogP contribution in [0, 0.1) is 5.41 Å². The molecule has 126 valence electrons. The zero-order valence-corrected chi connectivity index (χ0v) is 13.4. The van der Waals surface area contributed by atoms with E-state index >= 15 is 0 Å². The first kappa shape index (κ1) is 17.3. The maximum Gasteiger partial charge on any atom is 0.407 e. The van der Waals surface area contributed by atoms with E-state index in [1.54, 1.807) is 0 Å². The first-order chi connectivity index (χ1) is 11.1. The third-order valence-corrected chi connectivity index (χ3v) is 4.55. The Balaban J connectivity index is 1.85. The summed E-state index contributed by atoms with van der Waals surface area (Å²) >= 11 is 0. The molecule has 1 aromatic carbocycles. The molecule has 0 aliphatic heterocycles. The monoisotopic (exact) mass is 319 g/mol. The van der Waals surface area contributed by atoms with Crippen LogP contribution in [0.25, 0.3) is 0 Å². The highest BCUT2D eigenvalue weighted by Crippen LogP contribution is 2.34. The van der Waals surface area contributed by atoms with Crippen LogP contribution < -0.4 is 5.32 Å². The zero-order valence-electron chi connectivity index (χ0n) is 13.4. The molecule has 1 aliphatic rings. The van der Waals surface area contributed by atoms with Gasteiger partial charge in [-0.2, -0.15) is 0 Å². The normalized spacial score (nSPS) is 17.6. The van der Waals surface area contributed by atoms with Gasteiger partial charge in [-0.1, -0.05) is 62.4 Å². The molecule has 1 saturated carbocycles. The number of amides is 1. The van der Waals surface area contributed by atoms with Crippen molar-refractivity contribution in [3.8, 4) is 0 Å². The summed E-state index contributed by atoms with van der Waals surface area (Å²) in [6, 6.07) is 9.41. The summed E-state index contributed by atoms with van der Waals surface area (Å²) in [5.74, 6) is -0.817. The molecule has 0 saturated heterocycles. The lowest BCUT2D eigenvalue weighted by Crippen LogP contribution is -2.43. The number of carbonyl (C=O) groups is 2. The van der Waals surface area contributed by atoms with E-state index in [0.717, 1.165) is 31.2 Å². The van der Waals surface area contributed by atoms with Gasteiger partial charge in [-0.05, 0) is 18.4 Å². The molecule has 1 aliphatic carbocycles. The van der Waals surface area contributed by atoms with Crippen LogP contribution in [-0.4, -0.2) is 23.7 Å². The maximum atomic E-state index is 11.9. The molecule has 2 rings (SSSR count). The Kier molecular flexibility index (Phi) is 6.44. The van der Waals surface area contributed by atoms with Crippen LogP contribution in [0.1, 0.15) is 50.5 Å². The Morgan fingerprint density at radius 2 is 1.65 bits per heavy atom. The number of rotatable bonds is 5. The Labute approximate surface area is 137 Å². The summed E-state index contributed by atoms with van der Waals surface area (Å²) in [6.07, 6.45) is 5.75. The summed E-state index contributed by atoms with van der Waals surface area (Å²) in [4.78, 5) is 23.6. The summed E-state index contributed by atoms with van der Waals surface area (Å²) in [5, 5.41) is 12.3. The zero-order chi connectivity index (χ0) is 16.5. The van der Waals surface area contributed by atoms with Gasteiger partial charge in [-0.25, -0.2) is 4.79 Å². The van der Waals surface area contributed by atoms with E-state index in [0.29, 0.717) is 12.8 Å². The van der Waals surface area contributed by atoms with Crippen molar-refractivity contribution in [3.63, 3.8) is 0 Å². The number of nitrogens with one attached hydrogen (secondary N) is 1. The van der Waals surface area contributed by atoms with Crippen molar-refractivity contribution in [2.45, 2.75) is 51.6 Å². The number of carbonyl (C=O) groups excluding carboxylic acids is 1. The summed E-state index contributed by atoms with van der Waals surface area (Å²) in [7, 11) is 0. The number of carboxylic acid groups (broad SMARTS) is 1. The Morgan fingerprint density at radius 1 is 1.04 bits per heavy atom. The highest BCUT2D eigenvalue weighted by Gasteiger charge is 2.38. The molecule has 0 heterocycles. The number of alkyl carbamates (subject to hydrolysis) is 1. The summed E-state index contributed by atoms with van der Waals surface area (Å²) in [5.41, 5.74) is 0.0492. The lowest BCUT2D eigenvalue weighted by atomic mass is 9.76. The molecule has 5 heteroatoms. The highest BCUT2D eigenvalue weighted by atomic mass is 16.5. The van der Waals surface area contributed by atoms with Crippen molar-refractivity contribution in [2.24, 2.45) is 5.41 Å². The smallest absolute Gasteiger partial charge is 0.407 e. The van der Waals surface area contributed by atoms with E-state index in [1.807, 2.05) is 30.3 Å². The maximum absolute atomic E-state index is 11.9. The van der Waals surface area contributed by atoms with E-state index in [4.69, 9.17) is 4.74 Å². The molecule has 0 spiro atoms. The molecular weight excluding hydrogens is 294 g/mol. The van der Waals surface area contributed by atoms with Gasteiger partial charge in [0.1, 0.15) is 6.61 Å². The molecule has 1 amide bonds. The predicted molar refractivity (Wildman–Crippen MR) is 87.0 cm³/mol. The topological polar surface area (TPSA) is 75.6 Å². The van der Waals surface area contributed by atoms with E-state index in [1.165, 1.54) is 6.42 Å². The standard InChI is InChI=1S/C18H25NO4/c20-16(21)18(11-7-2-1-3-8-12-18)14-19-17(22)23-13-15-9-5-4-6-10-15/h4-6,9-10H,1-3,7-8,11-14H2,(H,19,22)(H,20,21). The Morgan fingerprint density at radius 3 is 2.26 bits per heavy atom. The lowest BCUT2D eigenvalue weighted by molar-refractivity contribution is -0.150. The summed E-state index contributed by atoms with van der Waals surface area (Å²) < 4.78 is 5.16. The van der Waals surface area contributed by atoms with Gasteiger partial charge in [0.05, 0.1) is 5.41 Å². The van der Waals surface area contributed by atoms with Gasteiger partial charge >= 0.3 is 12.1 Å². The van der Waals surface area contributed by atoms with Crippen LogP contribution in [-0.2, 0) is 16.1 Å². The van der Waals surface area contributed by atoms with Crippen LogP contribution in [0.3, 0.4) is 0 Å². The fraction of sp³-hybridized carbons (Fsp3) is 0.556. The van der Waals surface area contributed by atoms with Gasteiger partial charge in [-0.3, -0.25) is 4.79 Å². The second kappa shape index (κ2) is 8.56. The van der Waals surface area contributed by atoms with Crippen molar-refractivity contribution in [3.05, 3.63) is 35.9 Å². The molecule has 5 nitrogen and oxygen atoms in total. The quantitative estimate of drug-likeness (QED) is 0.867. The van der Waals surface area contributed by atoms with Gasteiger partial charge in [0.15, 0.2) is 0 Å². The number of ether oxygens (including phenoxy) is 1. The van der Waals surface area contributed by atoms with Crippen LogP contribution in [0.4, 0.5) is 4.79 Å². The highest BCUT2D eigenvalue weighted by molar-refractivity contribution is 5.76. The third kappa shape index (κ3) is 5.27. The molecule has 0 atom stereocenters. The van der Waals surface area contributed by atoms with Crippen molar-refractivity contribution in [1.82, 2.24) is 5.32 Å². The first-order valence-electron chi connectivity index (χ1n) is 8.30. The van der Waals surface area contributed by atoms with E-state index < -0.39 is 17.5 Å². The minimum atomic E-state index is -0.855. The van der Waals surface area contributed by atoms with Gasteiger partial charge in [0.2, 0.25) is 0 Å². The van der Waals surface area contributed by atoms with Crippen LogP contribution in [0.5, 0.6) is 0 Å². The second-order valence-electron chi connectivity index (χ2n) is 6.27. The average Bonchev–Trinajstić information content (AvgIpc) is 2.53. The lowest BCUT2D eigenvalue weighted by Gasteiger charge is -2.31. The van der Waals surface area contributed by atoms with E-state index in [9.17, 15) is 14.7 Å². The van der Waals surface area contributed by atoms with Crippen molar-refractivity contribution >= 4 is 12.1 Å². The Bertz CT molecular complexity index is 507. The van der Waals surface area contributed by atoms with Gasteiger partial charge in [0.25, 0.3) is 0 Å². The minimum Gasteiger partial charge on any atom is -0.481 e. The largest absolute Gasteiger partial charge is 0.481 e. The first-order valence-corrected chi connectivity index (χ1v) is 8.30. The van der Waals surface area contributed by atoms with Crippen LogP contribution >= 0.6 is 0 Å². The van der Waals surface area contributed by atoms with Crippen molar-refractivity contribution < 1.29 is 19.4 Å². The average molecular weight is 319 g/mol. The van der Waals surface area contributed by atoms with Crippen molar-refractivity contribution in [1.29, 1.82) is 0 Å². The number of hydrogen-bond acceptors (Lipinski definition) is 3. The van der Waals surface area contributed by atoms with Crippen LogP contribution in [0.15, 0.2) is 30.3 Å². The molecule has 0 aromatic heterocycles. The fourth-order valence-corrected chi connectivity index (χ4v) is 3.06. The molecule has 0 bridgehead atoms. The number of carboxylic acids is 1. The van der Waals surface area contributed by atoms with E-state index in [-0.39, 0.29) is 13.2 Å². The molecule has 23 heavy (non-hydrogen) atoms. The molecular formula is C18H25NO4. The van der Waals surface area contributed by atoms with Gasteiger partial charge in [-0.15, -0.1) is 0 Å². The number of hydrogen-bond donors (Lipinski definition) is 2. The molecule has 2 N–H and O–H groups in total. The van der Waals surface area contributed by atoms with Gasteiger partial charge in [0, 0.05) is 6.54 Å². The number of benzene rings is 1. The number of aliphatic carboxylic acids is 1. The Hall–Kier alpha value is -2.04. The predicted octanol–water partition coefficient (Wildman–Crippen LogP) is 3.73. The molecule has 0 unspecified atom stereocenters. The third-order valence-electron chi connectivity index (χ3n) is 4.55. The van der Waals surface area contributed by atoms with Crippen LogP contribution in [0.2, 0.25) is 0 Å². The van der Waals surface area contributed by atoms with E-state index in [2.05, 4.69) is 5.32 Å². The molecule has 0 radical (unpaired) electrons. The fourth-order valence-electron chi connectivity index (χ4n) is 3.06. The molecule has 1 aromatic rings. The minimum absolute atomic E-state index is 0.135. The SMILES string of the molecule is O=C(NCC1(C(=O)O)CCCCCCC1)OCc1ccccc1. The van der Waals surface area contributed by atoms with Crippen molar-refractivity contribution in [2.75, 3.05) is 6.54 Å². The second-order valence-corrected chi connectivity index (χ2v) is 6.27. The summed E-state index contributed by atoms with van der Waals surface area (Å²) in [6.45, 7) is 0.322. The van der Waals surface area contributed by atoms with Gasteiger partial charge < -0.3 is 15.2 Å². The molecule has 1 fully saturated rings.